The Labute approximate surface area is 172 Å². The minimum Gasteiger partial charge on any atom is -0.347 e. The van der Waals surface area contributed by atoms with E-state index >= 15 is 0 Å². The average molecular weight is 399 g/mol. The molecule has 0 aliphatic carbocycles. The van der Waals surface area contributed by atoms with E-state index in [1.807, 2.05) is 26.1 Å². The summed E-state index contributed by atoms with van der Waals surface area (Å²) in [7, 11) is 2.04. The van der Waals surface area contributed by atoms with E-state index in [2.05, 4.69) is 58.6 Å². The van der Waals surface area contributed by atoms with Crippen molar-refractivity contribution in [2.24, 2.45) is 0 Å². The highest BCUT2D eigenvalue weighted by atomic mass is 32.2. The number of hydrogen-bond acceptors (Lipinski definition) is 5. The zero-order valence-corrected chi connectivity index (χ0v) is 18.3. The molecule has 0 spiro atoms. The quantitative estimate of drug-likeness (QED) is 0.362. The SMILES string of the molecule is CCCCCn1cnnc1SC(C)C(=O)/C=C1/N(C)c2ccccc2C1(C)C. The van der Waals surface area contributed by atoms with Gasteiger partial charge in [0.25, 0.3) is 0 Å². The monoisotopic (exact) mass is 398 g/mol. The molecule has 0 N–H and O–H groups in total. The summed E-state index contributed by atoms with van der Waals surface area (Å²) in [6.45, 7) is 9.39. The molecule has 5 nitrogen and oxygen atoms in total. The first kappa shape index (κ1) is 20.6. The number of allylic oxidation sites excluding steroid dienone is 2. The second kappa shape index (κ2) is 8.52. The van der Waals surface area contributed by atoms with Crippen LogP contribution in [0.15, 0.2) is 47.5 Å². The van der Waals surface area contributed by atoms with Gasteiger partial charge in [0.2, 0.25) is 0 Å². The van der Waals surface area contributed by atoms with Crippen molar-refractivity contribution in [1.29, 1.82) is 0 Å². The third-order valence-corrected chi connectivity index (χ3v) is 6.60. The van der Waals surface area contributed by atoms with E-state index in [-0.39, 0.29) is 16.4 Å². The van der Waals surface area contributed by atoms with Gasteiger partial charge in [-0.1, -0.05) is 63.6 Å². The number of anilines is 1. The molecule has 2 aromatic rings. The van der Waals surface area contributed by atoms with Crippen molar-refractivity contribution in [2.45, 2.75) is 69.3 Å². The summed E-state index contributed by atoms with van der Waals surface area (Å²) in [5.41, 5.74) is 3.27. The normalized spacial score (nSPS) is 17.8. The minimum atomic E-state index is -0.213. The predicted molar refractivity (Wildman–Crippen MR) is 116 cm³/mol. The van der Waals surface area contributed by atoms with Crippen LogP contribution >= 0.6 is 11.8 Å². The third-order valence-electron chi connectivity index (χ3n) is 5.48. The Balaban J connectivity index is 1.74. The van der Waals surface area contributed by atoms with Crippen LogP contribution in [-0.4, -0.2) is 32.8 Å². The summed E-state index contributed by atoms with van der Waals surface area (Å²) in [5.74, 6) is 0.107. The first-order valence-electron chi connectivity index (χ1n) is 10.00. The fourth-order valence-electron chi connectivity index (χ4n) is 3.75. The highest BCUT2D eigenvalue weighted by molar-refractivity contribution is 8.00. The summed E-state index contributed by atoms with van der Waals surface area (Å²) in [5, 5.41) is 8.86. The number of benzene rings is 1. The summed E-state index contributed by atoms with van der Waals surface area (Å²) in [4.78, 5) is 15.1. The van der Waals surface area contributed by atoms with Crippen LogP contribution in [0.2, 0.25) is 0 Å². The van der Waals surface area contributed by atoms with Gasteiger partial charge < -0.3 is 9.47 Å². The number of carbonyl (C=O) groups is 1. The Morgan fingerprint density at radius 2 is 2.04 bits per heavy atom. The number of ketones is 1. The van der Waals surface area contributed by atoms with Gasteiger partial charge in [0.1, 0.15) is 6.33 Å². The molecule has 0 radical (unpaired) electrons. The van der Waals surface area contributed by atoms with Crippen LogP contribution < -0.4 is 4.90 Å². The first-order chi connectivity index (χ1) is 13.4. The summed E-state index contributed by atoms with van der Waals surface area (Å²) >= 11 is 1.49. The number of aryl methyl sites for hydroxylation is 1. The van der Waals surface area contributed by atoms with Crippen LogP contribution in [0.25, 0.3) is 0 Å². The average Bonchev–Trinajstić information content (AvgIpc) is 3.18. The molecule has 2 heterocycles. The molecule has 1 unspecified atom stereocenters. The van der Waals surface area contributed by atoms with Gasteiger partial charge in [-0.3, -0.25) is 4.79 Å². The van der Waals surface area contributed by atoms with Crippen molar-refractivity contribution in [3.8, 4) is 0 Å². The number of thioether (sulfide) groups is 1. The van der Waals surface area contributed by atoms with Gasteiger partial charge in [0.15, 0.2) is 10.9 Å². The van der Waals surface area contributed by atoms with Crippen LogP contribution in [0.5, 0.6) is 0 Å². The second-order valence-electron chi connectivity index (χ2n) is 7.91. The molecule has 28 heavy (non-hydrogen) atoms. The molecule has 0 bridgehead atoms. The number of para-hydroxylation sites is 1. The fraction of sp³-hybridized carbons (Fsp3) is 0.500. The van der Waals surface area contributed by atoms with Crippen LogP contribution in [0, 0.1) is 0 Å². The number of rotatable bonds is 8. The number of nitrogens with zero attached hydrogens (tertiary/aromatic N) is 4. The lowest BCUT2D eigenvalue weighted by Gasteiger charge is -2.24. The van der Waals surface area contributed by atoms with Crippen molar-refractivity contribution in [2.75, 3.05) is 11.9 Å². The Bertz CT molecular complexity index is 871. The molecule has 6 heteroatoms. The maximum atomic E-state index is 13.0. The number of aromatic nitrogens is 3. The third kappa shape index (κ3) is 4.02. The molecule has 3 rings (SSSR count). The topological polar surface area (TPSA) is 51.0 Å². The van der Waals surface area contributed by atoms with Crippen LogP contribution in [0.1, 0.15) is 52.5 Å². The molecule has 0 saturated heterocycles. The summed E-state index contributed by atoms with van der Waals surface area (Å²) in [6.07, 6.45) is 7.04. The highest BCUT2D eigenvalue weighted by Gasteiger charge is 2.38. The maximum absolute atomic E-state index is 13.0. The van der Waals surface area contributed by atoms with Gasteiger partial charge in [0.05, 0.1) is 5.25 Å². The molecule has 0 fully saturated rings. The lowest BCUT2D eigenvalue weighted by atomic mass is 9.83. The number of carbonyl (C=O) groups excluding carboxylic acids is 1. The number of likely N-dealkylation sites (N-methyl/N-ethyl adjacent to an activating group) is 1. The zero-order valence-electron chi connectivity index (χ0n) is 17.5. The number of unbranched alkanes of at least 4 members (excludes halogenated alkanes) is 2. The lowest BCUT2D eigenvalue weighted by Crippen LogP contribution is -2.25. The maximum Gasteiger partial charge on any atom is 0.191 e. The van der Waals surface area contributed by atoms with E-state index < -0.39 is 0 Å². The highest BCUT2D eigenvalue weighted by Crippen LogP contribution is 2.46. The molecule has 0 amide bonds. The summed E-state index contributed by atoms with van der Waals surface area (Å²) in [6, 6.07) is 8.36. The van der Waals surface area contributed by atoms with Crippen LogP contribution in [-0.2, 0) is 16.8 Å². The molecule has 1 aliphatic rings. The van der Waals surface area contributed by atoms with Crippen LogP contribution in [0.4, 0.5) is 5.69 Å². The Hall–Kier alpha value is -2.08. The van der Waals surface area contributed by atoms with Crippen molar-refractivity contribution in [1.82, 2.24) is 14.8 Å². The van der Waals surface area contributed by atoms with Crippen molar-refractivity contribution >= 4 is 23.2 Å². The van der Waals surface area contributed by atoms with E-state index in [9.17, 15) is 4.79 Å². The largest absolute Gasteiger partial charge is 0.347 e. The van der Waals surface area contributed by atoms with Crippen molar-refractivity contribution < 1.29 is 4.79 Å². The van der Waals surface area contributed by atoms with E-state index in [0.717, 1.165) is 23.8 Å². The fourth-order valence-corrected chi connectivity index (χ4v) is 4.62. The standard InChI is InChI=1S/C22H30N4OS/c1-6-7-10-13-26-15-23-24-21(26)28-16(2)19(27)14-20-22(3,4)17-11-8-9-12-18(17)25(20)5/h8-9,11-12,14-16H,6-7,10,13H2,1-5H3/b20-14+. The zero-order chi connectivity index (χ0) is 20.3. The predicted octanol–water partition coefficient (Wildman–Crippen LogP) is 4.83. The molecular formula is C22H30N4OS. The molecule has 1 aromatic carbocycles. The number of fused-ring (bicyclic) bond motifs is 1. The van der Waals surface area contributed by atoms with E-state index in [0.29, 0.717) is 0 Å². The van der Waals surface area contributed by atoms with Crippen molar-refractivity contribution in [3.63, 3.8) is 0 Å². The molecular weight excluding hydrogens is 368 g/mol. The van der Waals surface area contributed by atoms with Gasteiger partial charge in [-0.2, -0.15) is 0 Å². The number of hydrogen-bond donors (Lipinski definition) is 0. The molecule has 150 valence electrons. The molecule has 1 aromatic heterocycles. The van der Waals surface area contributed by atoms with Gasteiger partial charge in [-0.25, -0.2) is 0 Å². The Morgan fingerprint density at radius 1 is 1.29 bits per heavy atom. The molecule has 1 atom stereocenters. The van der Waals surface area contributed by atoms with Crippen molar-refractivity contribution in [3.05, 3.63) is 47.9 Å². The minimum absolute atomic E-state index is 0.107. The smallest absolute Gasteiger partial charge is 0.191 e. The van der Waals surface area contributed by atoms with E-state index in [4.69, 9.17) is 0 Å². The first-order valence-corrected chi connectivity index (χ1v) is 10.9. The Kier molecular flexibility index (Phi) is 6.28. The lowest BCUT2D eigenvalue weighted by molar-refractivity contribution is -0.114. The molecule has 0 saturated carbocycles. The van der Waals surface area contributed by atoms with Crippen LogP contribution in [0.3, 0.4) is 0 Å². The van der Waals surface area contributed by atoms with Gasteiger partial charge in [-0.05, 0) is 25.0 Å². The molecule has 1 aliphatic heterocycles. The summed E-state index contributed by atoms with van der Waals surface area (Å²) < 4.78 is 2.05. The van der Waals surface area contributed by atoms with Gasteiger partial charge in [0, 0.05) is 36.5 Å². The van der Waals surface area contributed by atoms with E-state index in [1.54, 1.807) is 6.33 Å². The van der Waals surface area contributed by atoms with E-state index in [1.165, 1.54) is 35.9 Å². The Morgan fingerprint density at radius 3 is 2.75 bits per heavy atom. The van der Waals surface area contributed by atoms with Gasteiger partial charge in [-0.15, -0.1) is 10.2 Å². The van der Waals surface area contributed by atoms with Gasteiger partial charge >= 0.3 is 0 Å². The second-order valence-corrected chi connectivity index (χ2v) is 9.22.